The van der Waals surface area contributed by atoms with Crippen molar-refractivity contribution in [3.63, 3.8) is 0 Å². The molecule has 5 heteroatoms. The monoisotopic (exact) mass is 529 g/mol. The lowest BCUT2D eigenvalue weighted by Gasteiger charge is -2.27. The summed E-state index contributed by atoms with van der Waals surface area (Å²) in [5.74, 6) is 2.19. The molecule has 0 radical (unpaired) electrons. The summed E-state index contributed by atoms with van der Waals surface area (Å²) in [6.07, 6.45) is 7.64. The number of benzene rings is 2. The van der Waals surface area contributed by atoms with Crippen molar-refractivity contribution in [2.24, 2.45) is 5.92 Å². The number of allylic oxidation sites excluding steroid dienone is 1. The first-order valence-electron chi connectivity index (χ1n) is 14.4. The van der Waals surface area contributed by atoms with Crippen LogP contribution in [-0.2, 0) is 4.74 Å². The van der Waals surface area contributed by atoms with E-state index in [4.69, 9.17) is 19.7 Å². The largest absolute Gasteiger partial charge is 0.456 e. The van der Waals surface area contributed by atoms with Crippen molar-refractivity contribution in [2.75, 3.05) is 24.6 Å². The topological polar surface area (TPSA) is 62.2 Å². The van der Waals surface area contributed by atoms with Gasteiger partial charge >= 0.3 is 0 Å². The molecule has 0 spiro atoms. The number of aliphatic hydroxyl groups is 2. The zero-order chi connectivity index (χ0) is 27.9. The highest BCUT2D eigenvalue weighted by atomic mass is 16.7. The fraction of sp³-hybridized carbons (Fsp3) is 0.441. The SMILES string of the molecule is C=C(CCOC(O)O)CC1C=C=C(C2=c3ccc(=C(CC)CC)cc3Oc3cc(N(CC)CC)ccc32)CC1. The van der Waals surface area contributed by atoms with Gasteiger partial charge in [0.1, 0.15) is 11.5 Å². The number of hydrogen-bond donors (Lipinski definition) is 2. The molecule has 0 saturated carbocycles. The van der Waals surface area contributed by atoms with Crippen LogP contribution < -0.4 is 20.1 Å². The lowest BCUT2D eigenvalue weighted by molar-refractivity contribution is -0.233. The Kier molecular flexibility index (Phi) is 9.88. The Balaban J connectivity index is 1.75. The summed E-state index contributed by atoms with van der Waals surface area (Å²) in [4.78, 5) is 2.35. The van der Waals surface area contributed by atoms with Crippen LogP contribution in [0, 0.1) is 5.92 Å². The molecule has 1 aliphatic heterocycles. The second kappa shape index (κ2) is 13.3. The van der Waals surface area contributed by atoms with Crippen LogP contribution in [0.25, 0.3) is 11.1 Å². The zero-order valence-electron chi connectivity index (χ0n) is 23.9. The molecule has 0 bridgehead atoms. The first-order chi connectivity index (χ1) is 18.9. The fourth-order valence-electron chi connectivity index (χ4n) is 5.71. The van der Waals surface area contributed by atoms with Crippen LogP contribution in [0.1, 0.15) is 71.8 Å². The van der Waals surface area contributed by atoms with Crippen molar-refractivity contribution < 1.29 is 19.7 Å². The van der Waals surface area contributed by atoms with Gasteiger partial charge in [0.05, 0.1) is 6.61 Å². The summed E-state index contributed by atoms with van der Waals surface area (Å²) in [6.45, 7) is 13.4. The minimum atomic E-state index is -1.73. The molecule has 4 rings (SSSR count). The summed E-state index contributed by atoms with van der Waals surface area (Å²) in [5, 5.41) is 20.2. The molecule has 2 N–H and O–H groups in total. The minimum Gasteiger partial charge on any atom is -0.456 e. The fourth-order valence-corrected chi connectivity index (χ4v) is 5.71. The minimum absolute atomic E-state index is 0.256. The molecule has 2 aromatic rings. The van der Waals surface area contributed by atoms with Gasteiger partial charge in [-0.05, 0) is 93.9 Å². The smallest absolute Gasteiger partial charge is 0.266 e. The third-order valence-electron chi connectivity index (χ3n) is 7.93. The Morgan fingerprint density at radius 3 is 2.49 bits per heavy atom. The molecule has 2 aliphatic rings. The van der Waals surface area contributed by atoms with Crippen LogP contribution in [0.2, 0.25) is 0 Å². The molecular weight excluding hydrogens is 486 g/mol. The number of fused-ring (bicyclic) bond motifs is 2. The highest BCUT2D eigenvalue weighted by Crippen LogP contribution is 2.40. The van der Waals surface area contributed by atoms with Gasteiger partial charge in [0, 0.05) is 46.8 Å². The van der Waals surface area contributed by atoms with Gasteiger partial charge in [0.2, 0.25) is 0 Å². The van der Waals surface area contributed by atoms with Gasteiger partial charge in [-0.2, -0.15) is 0 Å². The molecule has 0 saturated heterocycles. The highest BCUT2D eigenvalue weighted by molar-refractivity contribution is 5.85. The Labute approximate surface area is 233 Å². The van der Waals surface area contributed by atoms with E-state index in [-0.39, 0.29) is 6.61 Å². The third-order valence-corrected chi connectivity index (χ3v) is 7.93. The van der Waals surface area contributed by atoms with Crippen LogP contribution in [0.3, 0.4) is 0 Å². The first kappa shape index (κ1) is 28.9. The van der Waals surface area contributed by atoms with Crippen LogP contribution in [0.4, 0.5) is 5.69 Å². The normalized spacial score (nSPS) is 15.9. The van der Waals surface area contributed by atoms with E-state index in [0.29, 0.717) is 12.3 Å². The molecule has 0 fully saturated rings. The number of ether oxygens (including phenoxy) is 2. The number of aliphatic hydroxyl groups excluding tert-OH is 1. The lowest BCUT2D eigenvalue weighted by atomic mass is 9.83. The van der Waals surface area contributed by atoms with Gasteiger partial charge in [-0.3, -0.25) is 0 Å². The predicted octanol–water partition coefficient (Wildman–Crippen LogP) is 5.92. The van der Waals surface area contributed by atoms with Gasteiger partial charge in [-0.15, -0.1) is 5.73 Å². The summed E-state index contributed by atoms with van der Waals surface area (Å²) < 4.78 is 11.5. The van der Waals surface area contributed by atoms with E-state index in [1.165, 1.54) is 27.6 Å². The number of hydrogen-bond acceptors (Lipinski definition) is 5. The second-order valence-corrected chi connectivity index (χ2v) is 10.3. The summed E-state index contributed by atoms with van der Waals surface area (Å²) in [7, 11) is 0. The lowest BCUT2D eigenvalue weighted by Crippen LogP contribution is -2.24. The standard InChI is InChI=1S/C34H43NO4/c1-6-25(7-2)27-14-16-29-31(21-27)39-32-22-28(35(8-3)9-4)15-17-30(32)33(29)26-12-10-24(11-13-26)20-23(5)18-19-38-34(36)37/h10,14-17,21-22,24,34,36-37H,5-9,11,13,18-20H2,1-4H3. The Morgan fingerprint density at radius 2 is 1.85 bits per heavy atom. The van der Waals surface area contributed by atoms with Crippen molar-refractivity contribution in [1.82, 2.24) is 0 Å². The maximum absolute atomic E-state index is 8.88. The maximum atomic E-state index is 8.88. The summed E-state index contributed by atoms with van der Waals surface area (Å²) >= 11 is 0. The first-order valence-corrected chi connectivity index (χ1v) is 14.4. The molecule has 208 valence electrons. The van der Waals surface area contributed by atoms with Crippen molar-refractivity contribution in [3.05, 3.63) is 81.9 Å². The molecule has 39 heavy (non-hydrogen) atoms. The van der Waals surface area contributed by atoms with Gasteiger partial charge in [0.25, 0.3) is 6.48 Å². The molecule has 1 unspecified atom stereocenters. The number of anilines is 1. The van der Waals surface area contributed by atoms with Crippen molar-refractivity contribution in [3.8, 4) is 11.5 Å². The Hall–Kier alpha value is -3.08. The van der Waals surface area contributed by atoms with Gasteiger partial charge in [-0.25, -0.2) is 0 Å². The van der Waals surface area contributed by atoms with Gasteiger partial charge in [-0.1, -0.05) is 37.6 Å². The Morgan fingerprint density at radius 1 is 1.08 bits per heavy atom. The van der Waals surface area contributed by atoms with E-state index >= 15 is 0 Å². The van der Waals surface area contributed by atoms with Crippen molar-refractivity contribution in [2.45, 2.75) is 72.7 Å². The number of rotatable bonds is 12. The van der Waals surface area contributed by atoms with E-state index in [1.54, 1.807) is 0 Å². The molecule has 0 amide bonds. The van der Waals surface area contributed by atoms with Crippen molar-refractivity contribution in [1.29, 1.82) is 0 Å². The average molecular weight is 530 g/mol. The zero-order valence-corrected chi connectivity index (χ0v) is 23.9. The van der Waals surface area contributed by atoms with Crippen LogP contribution in [0.15, 0.2) is 65.9 Å². The quantitative estimate of drug-likeness (QED) is 0.203. The molecular formula is C34H43NO4. The van der Waals surface area contributed by atoms with Crippen LogP contribution in [-0.4, -0.2) is 36.4 Å². The molecule has 1 aliphatic carbocycles. The van der Waals surface area contributed by atoms with Gasteiger partial charge < -0.3 is 24.6 Å². The summed E-state index contributed by atoms with van der Waals surface area (Å²) in [5.41, 5.74) is 10.9. The third kappa shape index (κ3) is 6.74. The second-order valence-electron chi connectivity index (χ2n) is 10.3. The van der Waals surface area contributed by atoms with E-state index in [9.17, 15) is 0 Å². The van der Waals surface area contributed by atoms with E-state index in [1.807, 2.05) is 0 Å². The number of nitrogens with zero attached hydrogens (tertiary/aromatic N) is 1. The maximum Gasteiger partial charge on any atom is 0.266 e. The van der Waals surface area contributed by atoms with Crippen LogP contribution in [0.5, 0.6) is 11.5 Å². The predicted molar refractivity (Wildman–Crippen MR) is 159 cm³/mol. The van der Waals surface area contributed by atoms with Crippen LogP contribution >= 0.6 is 0 Å². The van der Waals surface area contributed by atoms with Crippen molar-refractivity contribution >= 4 is 16.8 Å². The highest BCUT2D eigenvalue weighted by Gasteiger charge is 2.24. The van der Waals surface area contributed by atoms with E-state index < -0.39 is 6.48 Å². The Bertz CT molecular complexity index is 1370. The van der Waals surface area contributed by atoms with Gasteiger partial charge in [0.15, 0.2) is 0 Å². The summed E-state index contributed by atoms with van der Waals surface area (Å²) in [6, 6.07) is 13.3. The molecule has 1 atom stereocenters. The molecule has 2 aromatic carbocycles. The van der Waals surface area contributed by atoms with E-state index in [2.05, 4.69) is 87.4 Å². The van der Waals surface area contributed by atoms with E-state index in [0.717, 1.165) is 73.0 Å². The molecule has 0 aromatic heterocycles. The molecule has 5 nitrogen and oxygen atoms in total. The average Bonchev–Trinajstić information content (AvgIpc) is 2.93. The molecule has 1 heterocycles.